The number of hydrogen-bond donors (Lipinski definition) is 1. The number of likely N-dealkylation sites (N-methyl/N-ethyl adjacent to an activating group) is 1. The number of aliphatic imine (C=N–C) groups is 1. The lowest BCUT2D eigenvalue weighted by Gasteiger charge is -2.17. The van der Waals surface area contributed by atoms with Crippen LogP contribution in [0.4, 0.5) is 0 Å². The molecule has 0 aromatic rings. The van der Waals surface area contributed by atoms with Crippen molar-refractivity contribution >= 4 is 12.0 Å². The Morgan fingerprint density at radius 2 is 2.36 bits per heavy atom. The van der Waals surface area contributed by atoms with Crippen molar-refractivity contribution in [2.24, 2.45) is 10.9 Å². The molecule has 2 atom stereocenters. The van der Waals surface area contributed by atoms with Crippen molar-refractivity contribution in [3.63, 3.8) is 0 Å². The Morgan fingerprint density at radius 3 is 2.93 bits per heavy atom. The van der Waals surface area contributed by atoms with Crippen molar-refractivity contribution in [2.75, 3.05) is 7.05 Å². The number of carbonyl (C=O) groups is 1. The molecule has 0 heterocycles. The largest absolute Gasteiger partial charge is 0.313 e. The number of nitrogens with zero attached hydrogens (tertiary/aromatic N) is 1. The predicted molar refractivity (Wildman–Crippen MR) is 58.5 cm³/mol. The molecule has 0 spiro atoms. The van der Waals surface area contributed by atoms with Gasteiger partial charge in [-0.3, -0.25) is 9.79 Å². The summed E-state index contributed by atoms with van der Waals surface area (Å²) < 4.78 is 0. The number of allylic oxidation sites excluding steroid dienone is 1. The average Bonchev–Trinajstić information content (AvgIpc) is 2.31. The summed E-state index contributed by atoms with van der Waals surface area (Å²) in [4.78, 5) is 15.7. The van der Waals surface area contributed by atoms with Crippen LogP contribution in [0, 0.1) is 5.92 Å². The smallest absolute Gasteiger partial charge is 0.180 e. The summed E-state index contributed by atoms with van der Waals surface area (Å²) >= 11 is 0. The summed E-state index contributed by atoms with van der Waals surface area (Å²) in [6.07, 6.45) is 5.17. The van der Waals surface area contributed by atoms with Crippen molar-refractivity contribution < 1.29 is 4.79 Å². The van der Waals surface area contributed by atoms with Gasteiger partial charge in [-0.25, -0.2) is 0 Å². The molecule has 1 N–H and O–H groups in total. The number of rotatable bonds is 2. The highest BCUT2D eigenvalue weighted by molar-refractivity contribution is 5.96. The molecule has 3 nitrogen and oxygen atoms in total. The van der Waals surface area contributed by atoms with Crippen LogP contribution in [0.2, 0.25) is 0 Å². The molecule has 0 aromatic heterocycles. The van der Waals surface area contributed by atoms with E-state index in [4.69, 9.17) is 0 Å². The van der Waals surface area contributed by atoms with Crippen LogP contribution in [0.1, 0.15) is 26.7 Å². The van der Waals surface area contributed by atoms with Crippen LogP contribution in [0.3, 0.4) is 0 Å². The lowest BCUT2D eigenvalue weighted by Crippen LogP contribution is -2.29. The summed E-state index contributed by atoms with van der Waals surface area (Å²) in [7, 11) is 1.92. The van der Waals surface area contributed by atoms with E-state index in [1.165, 1.54) is 0 Å². The molecule has 1 aliphatic carbocycles. The fraction of sp³-hybridized carbons (Fsp3) is 0.636. The van der Waals surface area contributed by atoms with E-state index in [9.17, 15) is 4.79 Å². The highest BCUT2D eigenvalue weighted by atomic mass is 16.1. The Labute approximate surface area is 85.3 Å². The molecule has 0 saturated carbocycles. The first-order valence-electron chi connectivity index (χ1n) is 5.10. The van der Waals surface area contributed by atoms with Gasteiger partial charge in [0.1, 0.15) is 5.70 Å². The Morgan fingerprint density at radius 1 is 1.64 bits per heavy atom. The monoisotopic (exact) mass is 194 g/mol. The van der Waals surface area contributed by atoms with Gasteiger partial charge in [0, 0.05) is 18.7 Å². The van der Waals surface area contributed by atoms with Gasteiger partial charge in [0.15, 0.2) is 5.78 Å². The van der Waals surface area contributed by atoms with Gasteiger partial charge in [-0.15, -0.1) is 0 Å². The molecule has 3 heteroatoms. The number of Topliss-reactive ketones (excluding diaryl/α,β-unsaturated/α-hetero) is 1. The maximum Gasteiger partial charge on any atom is 0.180 e. The van der Waals surface area contributed by atoms with Gasteiger partial charge in [-0.2, -0.15) is 0 Å². The molecule has 0 saturated heterocycles. The quantitative estimate of drug-likeness (QED) is 0.678. The first-order valence-corrected chi connectivity index (χ1v) is 5.10. The highest BCUT2D eigenvalue weighted by Crippen LogP contribution is 2.20. The van der Waals surface area contributed by atoms with E-state index < -0.39 is 0 Å². The maximum atomic E-state index is 11.6. The second-order valence-electron chi connectivity index (χ2n) is 3.69. The third kappa shape index (κ3) is 2.51. The third-order valence-corrected chi connectivity index (χ3v) is 2.66. The predicted octanol–water partition coefficient (Wildman–Crippen LogP) is 1.55. The average molecular weight is 194 g/mol. The molecular formula is C11H18N2O. The summed E-state index contributed by atoms with van der Waals surface area (Å²) in [5.41, 5.74) is 0.608. The standard InChI is InChI=1S/C11H18N2O/c1-4-13-10-7-9(12-3)8(2)5-6-11(10)14/h4,7-9,12H,5-6H2,1-3H3. The molecule has 1 rings (SSSR count). The van der Waals surface area contributed by atoms with Gasteiger partial charge in [0.05, 0.1) is 0 Å². The molecule has 0 amide bonds. The van der Waals surface area contributed by atoms with Crippen molar-refractivity contribution in [3.05, 3.63) is 11.8 Å². The molecule has 0 aromatic carbocycles. The van der Waals surface area contributed by atoms with Crippen molar-refractivity contribution in [1.29, 1.82) is 0 Å². The van der Waals surface area contributed by atoms with E-state index in [1.807, 2.05) is 20.0 Å². The second-order valence-corrected chi connectivity index (χ2v) is 3.69. The van der Waals surface area contributed by atoms with Gasteiger partial charge < -0.3 is 5.32 Å². The van der Waals surface area contributed by atoms with Gasteiger partial charge in [-0.05, 0) is 32.4 Å². The molecule has 78 valence electrons. The minimum atomic E-state index is 0.160. The zero-order chi connectivity index (χ0) is 10.6. The maximum absolute atomic E-state index is 11.6. The van der Waals surface area contributed by atoms with Gasteiger partial charge in [0.25, 0.3) is 0 Å². The van der Waals surface area contributed by atoms with E-state index >= 15 is 0 Å². The normalized spacial score (nSPS) is 29.1. The van der Waals surface area contributed by atoms with Crippen LogP contribution in [-0.4, -0.2) is 25.1 Å². The van der Waals surface area contributed by atoms with Gasteiger partial charge in [-0.1, -0.05) is 6.92 Å². The molecule has 14 heavy (non-hydrogen) atoms. The topological polar surface area (TPSA) is 41.5 Å². The van der Waals surface area contributed by atoms with Crippen LogP contribution < -0.4 is 5.32 Å². The Bertz CT molecular complexity index is 268. The third-order valence-electron chi connectivity index (χ3n) is 2.66. The van der Waals surface area contributed by atoms with E-state index in [2.05, 4.69) is 17.2 Å². The van der Waals surface area contributed by atoms with Gasteiger partial charge in [0.2, 0.25) is 0 Å². The number of nitrogens with one attached hydrogen (secondary N) is 1. The fourth-order valence-corrected chi connectivity index (χ4v) is 1.72. The lowest BCUT2D eigenvalue weighted by molar-refractivity contribution is -0.115. The second kappa shape index (κ2) is 5.05. The molecule has 0 fully saturated rings. The fourth-order valence-electron chi connectivity index (χ4n) is 1.72. The van der Waals surface area contributed by atoms with Crippen molar-refractivity contribution in [3.8, 4) is 0 Å². The van der Waals surface area contributed by atoms with Crippen LogP contribution in [0.25, 0.3) is 0 Å². The van der Waals surface area contributed by atoms with E-state index in [0.29, 0.717) is 18.0 Å². The zero-order valence-corrected chi connectivity index (χ0v) is 9.08. The van der Waals surface area contributed by atoms with Gasteiger partial charge >= 0.3 is 0 Å². The minimum absolute atomic E-state index is 0.160. The van der Waals surface area contributed by atoms with E-state index in [0.717, 1.165) is 6.42 Å². The van der Waals surface area contributed by atoms with Crippen molar-refractivity contribution in [1.82, 2.24) is 5.32 Å². The van der Waals surface area contributed by atoms with Crippen LogP contribution in [-0.2, 0) is 4.79 Å². The summed E-state index contributed by atoms with van der Waals surface area (Å²) in [5, 5.41) is 3.20. The highest BCUT2D eigenvalue weighted by Gasteiger charge is 2.21. The molecule has 2 unspecified atom stereocenters. The zero-order valence-electron chi connectivity index (χ0n) is 9.08. The Kier molecular flexibility index (Phi) is 4.01. The number of carbonyl (C=O) groups excluding carboxylic acids is 1. The molecular weight excluding hydrogens is 176 g/mol. The van der Waals surface area contributed by atoms with Crippen LogP contribution in [0.5, 0.6) is 0 Å². The SMILES string of the molecule is CC=NC1=CC(NC)C(C)CCC1=O. The lowest BCUT2D eigenvalue weighted by atomic mass is 9.99. The van der Waals surface area contributed by atoms with Crippen LogP contribution >= 0.6 is 0 Å². The number of ketones is 1. The van der Waals surface area contributed by atoms with Crippen molar-refractivity contribution in [2.45, 2.75) is 32.7 Å². The molecule has 0 radical (unpaired) electrons. The summed E-state index contributed by atoms with van der Waals surface area (Å²) in [6, 6.07) is 0.264. The van der Waals surface area contributed by atoms with Crippen LogP contribution in [0.15, 0.2) is 16.8 Å². The molecule has 1 aliphatic rings. The first kappa shape index (κ1) is 11.1. The summed E-state index contributed by atoms with van der Waals surface area (Å²) in [6.45, 7) is 3.99. The molecule has 0 aliphatic heterocycles. The minimum Gasteiger partial charge on any atom is -0.313 e. The Balaban J connectivity index is 2.91. The number of hydrogen-bond acceptors (Lipinski definition) is 3. The molecule has 0 bridgehead atoms. The first-order chi connectivity index (χ1) is 6.69. The Hall–Kier alpha value is -0.960. The van der Waals surface area contributed by atoms with E-state index in [-0.39, 0.29) is 11.8 Å². The summed E-state index contributed by atoms with van der Waals surface area (Å²) in [5.74, 6) is 0.654. The van der Waals surface area contributed by atoms with E-state index in [1.54, 1.807) is 6.21 Å².